The maximum atomic E-state index is 13.3. The number of anilines is 2. The van der Waals surface area contributed by atoms with E-state index in [1.807, 2.05) is 6.07 Å². The number of hydrogen-bond acceptors (Lipinski definition) is 6. The summed E-state index contributed by atoms with van der Waals surface area (Å²) < 4.78 is 10.0. The lowest BCUT2D eigenvalue weighted by Gasteiger charge is -2.24. The summed E-state index contributed by atoms with van der Waals surface area (Å²) in [6, 6.07) is 16.3. The van der Waals surface area contributed by atoms with Crippen molar-refractivity contribution in [2.24, 2.45) is 0 Å². The number of carbonyl (C=O) groups excluding carboxylic acids is 3. The maximum absolute atomic E-state index is 13.3. The average Bonchev–Trinajstić information content (AvgIpc) is 3.01. The van der Waals surface area contributed by atoms with Crippen LogP contribution < -0.4 is 10.2 Å². The molecule has 28 heavy (non-hydrogen) atoms. The van der Waals surface area contributed by atoms with E-state index in [1.165, 1.54) is 12.0 Å². The monoisotopic (exact) mass is 380 g/mol. The molecule has 3 rings (SSSR count). The number of methoxy groups -OCH3 is 1. The van der Waals surface area contributed by atoms with Gasteiger partial charge in [0.05, 0.1) is 13.7 Å². The van der Waals surface area contributed by atoms with Crippen molar-refractivity contribution in [1.29, 1.82) is 0 Å². The number of esters is 2. The van der Waals surface area contributed by atoms with Gasteiger partial charge >= 0.3 is 11.9 Å². The Morgan fingerprint density at radius 3 is 2.21 bits per heavy atom. The first-order valence-corrected chi connectivity index (χ1v) is 8.78. The zero-order chi connectivity index (χ0) is 20.1. The molecule has 1 atom stereocenters. The number of para-hydroxylation sites is 2. The molecule has 0 saturated carbocycles. The van der Waals surface area contributed by atoms with Crippen molar-refractivity contribution in [2.75, 3.05) is 23.9 Å². The van der Waals surface area contributed by atoms with E-state index in [2.05, 4.69) is 5.32 Å². The predicted octanol–water partition coefficient (Wildman–Crippen LogP) is 2.50. The highest BCUT2D eigenvalue weighted by molar-refractivity contribution is 6.22. The molecule has 1 amide bonds. The molecular formula is C21H20N2O5. The Kier molecular flexibility index (Phi) is 5.74. The molecule has 0 spiro atoms. The Bertz CT molecular complexity index is 909. The van der Waals surface area contributed by atoms with E-state index in [-0.39, 0.29) is 17.9 Å². The zero-order valence-corrected chi connectivity index (χ0v) is 15.5. The van der Waals surface area contributed by atoms with Crippen molar-refractivity contribution >= 4 is 29.2 Å². The van der Waals surface area contributed by atoms with Crippen LogP contribution in [-0.4, -0.2) is 37.6 Å². The lowest BCUT2D eigenvalue weighted by molar-refractivity contribution is -0.146. The van der Waals surface area contributed by atoms with E-state index >= 15 is 0 Å². The molecule has 1 heterocycles. The highest BCUT2D eigenvalue weighted by atomic mass is 16.5. The van der Waals surface area contributed by atoms with Crippen molar-refractivity contribution < 1.29 is 23.9 Å². The van der Waals surface area contributed by atoms with E-state index in [1.54, 1.807) is 61.5 Å². The minimum Gasteiger partial charge on any atom is -0.466 e. The summed E-state index contributed by atoms with van der Waals surface area (Å²) >= 11 is 0. The van der Waals surface area contributed by atoms with Gasteiger partial charge in [0.15, 0.2) is 6.04 Å². The summed E-state index contributed by atoms with van der Waals surface area (Å²) in [7, 11) is 1.20. The molecule has 0 saturated heterocycles. The second-order valence-electron chi connectivity index (χ2n) is 5.94. The van der Waals surface area contributed by atoms with Crippen LogP contribution in [0.25, 0.3) is 0 Å². The van der Waals surface area contributed by atoms with E-state index in [9.17, 15) is 14.4 Å². The number of nitrogens with zero attached hydrogens (tertiary/aromatic N) is 1. The third-order valence-corrected chi connectivity index (χ3v) is 4.23. The summed E-state index contributed by atoms with van der Waals surface area (Å²) in [5.41, 5.74) is 0.972. The molecule has 0 radical (unpaired) electrons. The smallest absolute Gasteiger partial charge is 0.338 e. The maximum Gasteiger partial charge on any atom is 0.338 e. The van der Waals surface area contributed by atoms with Crippen LogP contribution in [0.3, 0.4) is 0 Å². The van der Waals surface area contributed by atoms with Gasteiger partial charge in [-0.3, -0.25) is 9.69 Å². The standard InChI is InChI=1S/C21H20N2O5/c1-3-28-21(26)18-16(20(25)27-2)17(22-14-10-6-4-7-11-14)19(24)23(18)15-12-8-5-9-13-15/h4-13,18,22H,3H2,1-2H3. The van der Waals surface area contributed by atoms with Crippen molar-refractivity contribution in [2.45, 2.75) is 13.0 Å². The van der Waals surface area contributed by atoms with E-state index in [4.69, 9.17) is 9.47 Å². The summed E-state index contributed by atoms with van der Waals surface area (Å²) in [6.45, 7) is 1.77. The fourth-order valence-corrected chi connectivity index (χ4v) is 3.03. The molecule has 1 N–H and O–H groups in total. The fourth-order valence-electron chi connectivity index (χ4n) is 3.03. The number of rotatable bonds is 6. The van der Waals surface area contributed by atoms with Crippen molar-refractivity contribution in [1.82, 2.24) is 0 Å². The van der Waals surface area contributed by atoms with Gasteiger partial charge in [-0.2, -0.15) is 0 Å². The lowest BCUT2D eigenvalue weighted by Crippen LogP contribution is -2.43. The van der Waals surface area contributed by atoms with Crippen LogP contribution in [0.15, 0.2) is 71.9 Å². The Hall–Kier alpha value is -3.61. The summed E-state index contributed by atoms with van der Waals surface area (Å²) in [6.07, 6.45) is 0. The Morgan fingerprint density at radius 1 is 1.04 bits per heavy atom. The van der Waals surface area contributed by atoms with Crippen molar-refractivity contribution in [3.8, 4) is 0 Å². The van der Waals surface area contributed by atoms with Crippen LogP contribution in [0.1, 0.15) is 6.92 Å². The molecule has 1 unspecified atom stereocenters. The number of hydrogen-bond donors (Lipinski definition) is 1. The van der Waals surface area contributed by atoms with E-state index in [0.29, 0.717) is 11.4 Å². The second kappa shape index (κ2) is 8.39. The minimum atomic E-state index is -1.24. The Balaban J connectivity index is 2.13. The van der Waals surface area contributed by atoms with Gasteiger partial charge in [0.25, 0.3) is 5.91 Å². The first-order chi connectivity index (χ1) is 13.6. The van der Waals surface area contributed by atoms with Crippen LogP contribution in [-0.2, 0) is 23.9 Å². The number of ether oxygens (including phenoxy) is 2. The van der Waals surface area contributed by atoms with Crippen LogP contribution in [0.5, 0.6) is 0 Å². The molecule has 1 aliphatic heterocycles. The molecule has 7 heteroatoms. The van der Waals surface area contributed by atoms with Crippen LogP contribution in [0, 0.1) is 0 Å². The van der Waals surface area contributed by atoms with Gasteiger partial charge in [-0.25, -0.2) is 9.59 Å². The summed E-state index contributed by atoms with van der Waals surface area (Å²) in [5.74, 6) is -2.00. The molecule has 0 fully saturated rings. The minimum absolute atomic E-state index is 0.0139. The van der Waals surface area contributed by atoms with Crippen LogP contribution in [0.4, 0.5) is 11.4 Å². The normalized spacial score (nSPS) is 16.1. The molecule has 0 aromatic heterocycles. The molecule has 2 aromatic rings. The number of nitrogens with one attached hydrogen (secondary N) is 1. The van der Waals surface area contributed by atoms with Gasteiger partial charge in [-0.05, 0) is 31.2 Å². The zero-order valence-electron chi connectivity index (χ0n) is 15.5. The lowest BCUT2D eigenvalue weighted by atomic mass is 10.1. The number of benzene rings is 2. The number of amides is 1. The van der Waals surface area contributed by atoms with Gasteiger partial charge in [0.2, 0.25) is 0 Å². The van der Waals surface area contributed by atoms with Gasteiger partial charge in [-0.1, -0.05) is 36.4 Å². The van der Waals surface area contributed by atoms with Gasteiger partial charge in [0.1, 0.15) is 11.3 Å². The largest absolute Gasteiger partial charge is 0.466 e. The van der Waals surface area contributed by atoms with Crippen molar-refractivity contribution in [3.63, 3.8) is 0 Å². The molecule has 2 aromatic carbocycles. The van der Waals surface area contributed by atoms with E-state index < -0.39 is 23.9 Å². The molecule has 7 nitrogen and oxygen atoms in total. The molecule has 1 aliphatic rings. The highest BCUT2D eigenvalue weighted by Gasteiger charge is 2.48. The first kappa shape index (κ1) is 19.2. The average molecular weight is 380 g/mol. The molecule has 0 bridgehead atoms. The first-order valence-electron chi connectivity index (χ1n) is 8.78. The van der Waals surface area contributed by atoms with Crippen molar-refractivity contribution in [3.05, 3.63) is 71.9 Å². The Labute approximate surface area is 162 Å². The second-order valence-corrected chi connectivity index (χ2v) is 5.94. The van der Waals surface area contributed by atoms with Gasteiger partial charge in [0, 0.05) is 11.4 Å². The third-order valence-electron chi connectivity index (χ3n) is 4.23. The summed E-state index contributed by atoms with van der Waals surface area (Å²) in [4.78, 5) is 39.8. The molecular weight excluding hydrogens is 360 g/mol. The summed E-state index contributed by atoms with van der Waals surface area (Å²) in [5, 5.41) is 2.96. The highest BCUT2D eigenvalue weighted by Crippen LogP contribution is 2.33. The van der Waals surface area contributed by atoms with Gasteiger partial charge in [-0.15, -0.1) is 0 Å². The molecule has 0 aliphatic carbocycles. The SMILES string of the molecule is CCOC(=O)C1C(C(=O)OC)=C(Nc2ccccc2)C(=O)N1c1ccccc1. The quantitative estimate of drug-likeness (QED) is 0.775. The van der Waals surface area contributed by atoms with E-state index in [0.717, 1.165) is 0 Å². The number of carbonyl (C=O) groups is 3. The van der Waals surface area contributed by atoms with Gasteiger partial charge < -0.3 is 14.8 Å². The fraction of sp³-hybridized carbons (Fsp3) is 0.190. The molecule has 144 valence electrons. The topological polar surface area (TPSA) is 84.9 Å². The van der Waals surface area contributed by atoms with Crippen LogP contribution in [0.2, 0.25) is 0 Å². The third kappa shape index (κ3) is 3.59. The predicted molar refractivity (Wildman–Crippen MR) is 103 cm³/mol. The Morgan fingerprint density at radius 2 is 1.64 bits per heavy atom. The van der Waals surface area contributed by atoms with Crippen LogP contribution >= 0.6 is 0 Å².